The molecule has 1 aliphatic heterocycles. The third kappa shape index (κ3) is 5.33. The van der Waals surface area contributed by atoms with Crippen LogP contribution in [0.3, 0.4) is 0 Å². The molecular formula is C34H46O10. The molecule has 1 saturated heterocycles. The van der Waals surface area contributed by atoms with Crippen molar-refractivity contribution in [2.45, 2.75) is 118 Å². The lowest BCUT2D eigenvalue weighted by molar-refractivity contribution is -0.164. The summed E-state index contributed by atoms with van der Waals surface area (Å²) in [6.45, 7) is 18.6. The topological polar surface area (TPSA) is 135 Å². The Morgan fingerprint density at radius 2 is 1.34 bits per heavy atom. The second-order valence-corrected chi connectivity index (χ2v) is 13.6. The summed E-state index contributed by atoms with van der Waals surface area (Å²) in [5, 5.41) is 0. The van der Waals surface area contributed by atoms with E-state index in [-0.39, 0.29) is 18.1 Å². The van der Waals surface area contributed by atoms with Crippen LogP contribution in [0.1, 0.15) is 82.6 Å². The lowest BCUT2D eigenvalue weighted by atomic mass is 9.80. The monoisotopic (exact) mass is 614 g/mol. The maximum atomic E-state index is 14.6. The Bertz CT molecular complexity index is 1350. The molecular weight excluding hydrogens is 568 g/mol. The summed E-state index contributed by atoms with van der Waals surface area (Å²) in [6, 6.07) is 0. The molecule has 0 aromatic carbocycles. The van der Waals surface area contributed by atoms with Gasteiger partial charge in [-0.1, -0.05) is 39.8 Å². The van der Waals surface area contributed by atoms with Crippen molar-refractivity contribution in [1.29, 1.82) is 0 Å². The van der Waals surface area contributed by atoms with E-state index in [9.17, 15) is 24.0 Å². The number of carbonyl (C=O) groups excluding carboxylic acids is 5. The summed E-state index contributed by atoms with van der Waals surface area (Å²) in [7, 11) is 0. The summed E-state index contributed by atoms with van der Waals surface area (Å²) < 4.78 is 30.3. The van der Waals surface area contributed by atoms with Crippen LogP contribution in [-0.4, -0.2) is 65.3 Å². The van der Waals surface area contributed by atoms with Gasteiger partial charge in [-0.2, -0.15) is 0 Å². The number of allylic oxidation sites excluding steroid dienone is 2. The van der Waals surface area contributed by atoms with Crippen LogP contribution in [0.15, 0.2) is 34.9 Å². The van der Waals surface area contributed by atoms with Crippen LogP contribution in [0.25, 0.3) is 0 Å². The molecule has 4 rings (SSSR count). The Morgan fingerprint density at radius 1 is 0.841 bits per heavy atom. The van der Waals surface area contributed by atoms with Gasteiger partial charge in [0, 0.05) is 36.8 Å². The van der Waals surface area contributed by atoms with Crippen LogP contribution in [0.2, 0.25) is 0 Å². The zero-order valence-electron chi connectivity index (χ0n) is 27.6. The largest absolute Gasteiger partial charge is 0.459 e. The fourth-order valence-corrected chi connectivity index (χ4v) is 7.68. The second-order valence-electron chi connectivity index (χ2n) is 13.6. The van der Waals surface area contributed by atoms with Crippen LogP contribution in [0, 0.1) is 29.1 Å². The quantitative estimate of drug-likeness (QED) is 0.137. The van der Waals surface area contributed by atoms with Crippen molar-refractivity contribution in [3.8, 4) is 0 Å². The molecule has 0 unspecified atom stereocenters. The number of fused-ring (bicyclic) bond motifs is 1. The van der Waals surface area contributed by atoms with Crippen LogP contribution in [0.5, 0.6) is 0 Å². The molecule has 4 aliphatic rings. The van der Waals surface area contributed by atoms with E-state index in [0.717, 1.165) is 0 Å². The van der Waals surface area contributed by atoms with Gasteiger partial charge in [0.15, 0.2) is 23.1 Å². The van der Waals surface area contributed by atoms with Crippen LogP contribution >= 0.6 is 0 Å². The summed E-state index contributed by atoms with van der Waals surface area (Å²) in [6.07, 6.45) is 1.51. The minimum absolute atomic E-state index is 0.245. The number of rotatable bonds is 6. The van der Waals surface area contributed by atoms with E-state index in [0.29, 0.717) is 16.7 Å². The minimum atomic E-state index is -1.35. The van der Waals surface area contributed by atoms with E-state index in [1.165, 1.54) is 13.8 Å². The summed E-state index contributed by atoms with van der Waals surface area (Å²) in [5.41, 5.74) is -2.02. The number of ether oxygens (including phenoxy) is 5. The molecule has 0 bridgehead atoms. The molecule has 10 atom stereocenters. The van der Waals surface area contributed by atoms with Gasteiger partial charge in [0.1, 0.15) is 18.3 Å². The second kappa shape index (κ2) is 11.6. The van der Waals surface area contributed by atoms with Gasteiger partial charge in [-0.15, -0.1) is 0 Å². The van der Waals surface area contributed by atoms with Gasteiger partial charge in [-0.05, 0) is 64.0 Å². The minimum Gasteiger partial charge on any atom is -0.459 e. The first-order valence-corrected chi connectivity index (χ1v) is 15.4. The van der Waals surface area contributed by atoms with Crippen molar-refractivity contribution >= 4 is 29.7 Å². The number of esters is 4. The lowest BCUT2D eigenvalue weighted by Gasteiger charge is -2.30. The van der Waals surface area contributed by atoms with Crippen molar-refractivity contribution in [2.24, 2.45) is 29.1 Å². The van der Waals surface area contributed by atoms with Gasteiger partial charge in [-0.3, -0.25) is 14.4 Å². The zero-order valence-corrected chi connectivity index (χ0v) is 27.6. The van der Waals surface area contributed by atoms with Gasteiger partial charge < -0.3 is 23.7 Å². The molecule has 0 radical (unpaired) electrons. The van der Waals surface area contributed by atoms with Crippen molar-refractivity contribution in [3.63, 3.8) is 0 Å². The number of epoxide rings is 1. The SMILES string of the molecule is C/C=C(\C)C(=O)O[C@@H]1[C@@H]2[C@H]([C@H](OC(=O)/C(C)=C/C)[C@H](OC(C)=O)/C(C)=C/[C@@]34O[C@@]3(C[C@H](C)[C@@H]4OC(C)=O)C(=O)[C@@H]1C)C2(C)C. The molecule has 0 spiro atoms. The van der Waals surface area contributed by atoms with E-state index in [2.05, 4.69) is 0 Å². The van der Waals surface area contributed by atoms with Gasteiger partial charge in [0.2, 0.25) is 0 Å². The number of hydrogen-bond donors (Lipinski definition) is 0. The summed E-state index contributed by atoms with van der Waals surface area (Å²) in [4.78, 5) is 65.8. The highest BCUT2D eigenvalue weighted by Crippen LogP contribution is 2.69. The first kappa shape index (κ1) is 33.6. The van der Waals surface area contributed by atoms with Crippen molar-refractivity contribution in [3.05, 3.63) is 34.9 Å². The fraction of sp³-hybridized carbons (Fsp3) is 0.676. The number of Topliss-reactive ketones (excluding diaryl/α,β-unsaturated/α-hetero) is 1. The van der Waals surface area contributed by atoms with Gasteiger partial charge in [-0.25, -0.2) is 9.59 Å². The molecule has 2 saturated carbocycles. The highest BCUT2D eigenvalue weighted by atomic mass is 16.7. The van der Waals surface area contributed by atoms with Crippen molar-refractivity contribution in [1.82, 2.24) is 0 Å². The number of carbonyl (C=O) groups is 5. The smallest absolute Gasteiger partial charge is 0.333 e. The standard InChI is InChI=1S/C34H46O10/c1-12-16(3)30(38)42-26-20(7)28(37)33-15-19(6)29(41-22(9)36)34(33,44-33)14-18(5)25(40-21(8)35)27(24-23(26)32(24,10)11)43-31(39)17(4)13-2/h12-14,19-20,23-27,29H,15H2,1-11H3/b16-12+,17-13+,18-14+/t19-,20+,23-,24+,25+,26-,27-,29-,33-,34-/m0/s1. The van der Waals surface area contributed by atoms with Gasteiger partial charge >= 0.3 is 23.9 Å². The molecule has 10 nitrogen and oxygen atoms in total. The molecule has 10 heteroatoms. The average Bonchev–Trinajstić information content (AvgIpc) is 3.74. The maximum absolute atomic E-state index is 14.6. The zero-order chi connectivity index (χ0) is 33.1. The number of ketones is 1. The van der Waals surface area contributed by atoms with Crippen LogP contribution < -0.4 is 0 Å². The first-order valence-electron chi connectivity index (χ1n) is 15.4. The van der Waals surface area contributed by atoms with E-state index >= 15 is 0 Å². The van der Waals surface area contributed by atoms with E-state index in [1.807, 2.05) is 20.8 Å². The van der Waals surface area contributed by atoms with E-state index < -0.39 is 82.7 Å². The number of hydrogen-bond acceptors (Lipinski definition) is 10. The van der Waals surface area contributed by atoms with E-state index in [1.54, 1.807) is 59.8 Å². The van der Waals surface area contributed by atoms with Crippen LogP contribution in [-0.2, 0) is 47.7 Å². The summed E-state index contributed by atoms with van der Waals surface area (Å²) >= 11 is 0. The predicted octanol–water partition coefficient (Wildman–Crippen LogP) is 4.59. The highest BCUT2D eigenvalue weighted by molar-refractivity contribution is 5.96. The van der Waals surface area contributed by atoms with Gasteiger partial charge in [0.25, 0.3) is 0 Å². The molecule has 3 aliphatic carbocycles. The average molecular weight is 615 g/mol. The van der Waals surface area contributed by atoms with Crippen molar-refractivity contribution in [2.75, 3.05) is 0 Å². The predicted molar refractivity (Wildman–Crippen MR) is 159 cm³/mol. The molecule has 242 valence electrons. The van der Waals surface area contributed by atoms with Crippen LogP contribution in [0.4, 0.5) is 0 Å². The Labute approximate surface area is 259 Å². The Kier molecular flexibility index (Phi) is 8.85. The molecule has 0 N–H and O–H groups in total. The van der Waals surface area contributed by atoms with Gasteiger partial charge in [0.05, 0.1) is 5.92 Å². The molecule has 0 aromatic heterocycles. The molecule has 0 aromatic rings. The third-order valence-electron chi connectivity index (χ3n) is 10.3. The lowest BCUT2D eigenvalue weighted by Crippen LogP contribution is -2.43. The highest BCUT2D eigenvalue weighted by Gasteiger charge is 2.84. The molecule has 0 amide bonds. The molecule has 3 fully saturated rings. The molecule has 1 heterocycles. The normalized spacial score (nSPS) is 40.5. The maximum Gasteiger partial charge on any atom is 0.333 e. The Hall–Kier alpha value is -3.27. The third-order valence-corrected chi connectivity index (χ3v) is 10.3. The van der Waals surface area contributed by atoms with Crippen molar-refractivity contribution < 1.29 is 47.7 Å². The fourth-order valence-electron chi connectivity index (χ4n) is 7.68. The molecule has 44 heavy (non-hydrogen) atoms. The van der Waals surface area contributed by atoms with E-state index in [4.69, 9.17) is 23.7 Å². The Balaban J connectivity index is 1.96. The summed E-state index contributed by atoms with van der Waals surface area (Å²) in [5.74, 6) is -4.47. The first-order chi connectivity index (χ1) is 20.4. The Morgan fingerprint density at radius 3 is 1.84 bits per heavy atom.